The summed E-state index contributed by atoms with van der Waals surface area (Å²) in [6, 6.07) is 4.86. The van der Waals surface area contributed by atoms with E-state index in [9.17, 15) is 19.5 Å². The number of hydrogen-bond donors (Lipinski definition) is 1. The van der Waals surface area contributed by atoms with Crippen molar-refractivity contribution < 1.29 is 29.0 Å². The normalized spacial score (nSPS) is 17.3. The molecule has 0 saturated carbocycles. The van der Waals surface area contributed by atoms with Crippen molar-refractivity contribution in [3.63, 3.8) is 0 Å². The number of carboxylic acid groups (broad SMARTS) is 1. The number of methoxy groups -OCH3 is 1. The summed E-state index contributed by atoms with van der Waals surface area (Å²) in [5.74, 6) is -1.44. The number of aliphatic carboxylic acids is 1. The van der Waals surface area contributed by atoms with E-state index >= 15 is 0 Å². The fourth-order valence-corrected chi connectivity index (χ4v) is 2.39. The van der Waals surface area contributed by atoms with Gasteiger partial charge < -0.3 is 19.4 Å². The largest absolute Gasteiger partial charge is 0.546 e. The van der Waals surface area contributed by atoms with Crippen LogP contribution in [0.5, 0.6) is 11.5 Å². The second-order valence-corrected chi connectivity index (χ2v) is 5.32. The molecule has 0 bridgehead atoms. The summed E-state index contributed by atoms with van der Waals surface area (Å²) in [5.41, 5.74) is 0.416. The molecule has 0 aliphatic carbocycles. The van der Waals surface area contributed by atoms with Crippen LogP contribution in [-0.2, 0) is 9.59 Å². The average Bonchev–Trinajstić information content (AvgIpc) is 2.78. The van der Waals surface area contributed by atoms with Gasteiger partial charge in [0.2, 0.25) is 0 Å². The first-order valence-corrected chi connectivity index (χ1v) is 7.03. The summed E-state index contributed by atoms with van der Waals surface area (Å²) in [6.45, 7) is 1.32. The minimum Gasteiger partial charge on any atom is -0.546 e. The van der Waals surface area contributed by atoms with Crippen LogP contribution in [0.25, 0.3) is 6.08 Å². The van der Waals surface area contributed by atoms with Crippen LogP contribution >= 0.6 is 11.8 Å². The minimum atomic E-state index is -1.38. The molecule has 1 atom stereocenters. The SMILES string of the molecule is COc1cccc(/C=C2/SC(=O)NC2=O)c1O[C@@H](C)C(=O)[O-]. The number of thioether (sulfide) groups is 1. The second kappa shape index (κ2) is 6.52. The number of carbonyl (C=O) groups excluding carboxylic acids is 3. The van der Waals surface area contributed by atoms with Gasteiger partial charge in [0.15, 0.2) is 11.5 Å². The van der Waals surface area contributed by atoms with Crippen LogP contribution < -0.4 is 19.9 Å². The molecule has 8 heteroatoms. The summed E-state index contributed by atoms with van der Waals surface area (Å²) in [7, 11) is 1.41. The lowest BCUT2D eigenvalue weighted by molar-refractivity contribution is -0.312. The maximum atomic E-state index is 11.6. The van der Waals surface area contributed by atoms with Crippen LogP contribution in [0.3, 0.4) is 0 Å². The van der Waals surface area contributed by atoms with Crippen LogP contribution in [0.1, 0.15) is 12.5 Å². The highest BCUT2D eigenvalue weighted by Gasteiger charge is 2.26. The lowest BCUT2D eigenvalue weighted by Crippen LogP contribution is -2.37. The predicted molar refractivity (Wildman–Crippen MR) is 77.2 cm³/mol. The Bertz CT molecular complexity index is 669. The van der Waals surface area contributed by atoms with Gasteiger partial charge in [0.25, 0.3) is 11.1 Å². The highest BCUT2D eigenvalue weighted by atomic mass is 32.2. The zero-order valence-corrected chi connectivity index (χ0v) is 12.6. The summed E-state index contributed by atoms with van der Waals surface area (Å²) in [5, 5.41) is 12.5. The highest BCUT2D eigenvalue weighted by molar-refractivity contribution is 8.18. The van der Waals surface area contributed by atoms with E-state index in [1.807, 2.05) is 0 Å². The summed E-state index contributed by atoms with van der Waals surface area (Å²) >= 11 is 0.752. The Labute approximate surface area is 130 Å². The molecule has 0 aromatic heterocycles. The van der Waals surface area contributed by atoms with Gasteiger partial charge >= 0.3 is 0 Å². The van der Waals surface area contributed by atoms with Crippen LogP contribution in [0.2, 0.25) is 0 Å². The number of carboxylic acids is 1. The summed E-state index contributed by atoms with van der Waals surface area (Å²) in [4.78, 5) is 33.8. The van der Waals surface area contributed by atoms with Gasteiger partial charge in [0.1, 0.15) is 6.10 Å². The molecule has 1 aliphatic rings. The van der Waals surface area contributed by atoms with E-state index in [2.05, 4.69) is 5.32 Å². The number of hydrogen-bond acceptors (Lipinski definition) is 7. The zero-order chi connectivity index (χ0) is 16.3. The molecule has 1 fully saturated rings. The average molecular weight is 322 g/mol. The Morgan fingerprint density at radius 3 is 2.68 bits per heavy atom. The van der Waals surface area contributed by atoms with E-state index in [-0.39, 0.29) is 10.7 Å². The number of amides is 2. The molecule has 22 heavy (non-hydrogen) atoms. The number of rotatable bonds is 5. The predicted octanol–water partition coefficient (Wildman–Crippen LogP) is 0.536. The fraction of sp³-hybridized carbons (Fsp3) is 0.214. The zero-order valence-electron chi connectivity index (χ0n) is 11.7. The van der Waals surface area contributed by atoms with E-state index < -0.39 is 23.2 Å². The summed E-state index contributed by atoms with van der Waals surface area (Å²) < 4.78 is 10.5. The van der Waals surface area contributed by atoms with Crippen molar-refractivity contribution in [2.24, 2.45) is 0 Å². The van der Waals surface area contributed by atoms with Gasteiger partial charge in [-0.15, -0.1) is 0 Å². The Kier molecular flexibility index (Phi) is 4.71. The monoisotopic (exact) mass is 322 g/mol. The van der Waals surface area contributed by atoms with Gasteiger partial charge in [-0.25, -0.2) is 0 Å². The van der Waals surface area contributed by atoms with E-state index in [4.69, 9.17) is 9.47 Å². The first-order valence-electron chi connectivity index (χ1n) is 6.21. The molecule has 116 valence electrons. The van der Waals surface area contributed by atoms with Gasteiger partial charge in [0, 0.05) is 5.56 Å². The third-order valence-electron chi connectivity index (χ3n) is 2.78. The van der Waals surface area contributed by atoms with Gasteiger partial charge in [-0.2, -0.15) is 0 Å². The molecule has 0 spiro atoms. The number of ether oxygens (including phenoxy) is 2. The molecule has 7 nitrogen and oxygen atoms in total. The number of imide groups is 1. The Morgan fingerprint density at radius 2 is 2.14 bits per heavy atom. The van der Waals surface area contributed by atoms with Crippen molar-refractivity contribution in [3.05, 3.63) is 28.7 Å². The highest BCUT2D eigenvalue weighted by Crippen LogP contribution is 2.35. The number of carbonyl (C=O) groups is 3. The standard InChI is InChI=1S/C14H13NO6S/c1-7(13(17)18)21-11-8(4-3-5-9(11)20-2)6-10-12(16)15-14(19)22-10/h3-7H,1-2H3,(H,17,18)(H,15,16,19)/p-1/b10-6+/t7-/m0/s1. The molecule has 2 rings (SSSR count). The van der Waals surface area contributed by atoms with Crippen molar-refractivity contribution >= 4 is 35.0 Å². The van der Waals surface area contributed by atoms with Crippen LogP contribution in [0, 0.1) is 0 Å². The Morgan fingerprint density at radius 1 is 1.41 bits per heavy atom. The lowest BCUT2D eigenvalue weighted by Gasteiger charge is -2.19. The molecule has 1 N–H and O–H groups in total. The van der Waals surface area contributed by atoms with Gasteiger partial charge in [-0.1, -0.05) is 12.1 Å². The molecular formula is C14H12NO6S-. The lowest BCUT2D eigenvalue weighted by atomic mass is 10.1. The molecular weight excluding hydrogens is 310 g/mol. The van der Waals surface area contributed by atoms with E-state index in [1.165, 1.54) is 20.1 Å². The third kappa shape index (κ3) is 3.40. The third-order valence-corrected chi connectivity index (χ3v) is 3.60. The summed E-state index contributed by atoms with van der Waals surface area (Å²) in [6.07, 6.45) is 0.227. The van der Waals surface area contributed by atoms with Crippen molar-refractivity contribution in [1.82, 2.24) is 5.32 Å². The molecule has 1 aliphatic heterocycles. The maximum Gasteiger partial charge on any atom is 0.290 e. The van der Waals surface area contributed by atoms with Crippen LogP contribution in [0.4, 0.5) is 4.79 Å². The molecule has 2 amide bonds. The molecule has 1 aromatic rings. The van der Waals surface area contributed by atoms with Gasteiger partial charge in [-0.3, -0.25) is 14.9 Å². The fourth-order valence-electron chi connectivity index (χ4n) is 1.72. The molecule has 1 heterocycles. The first kappa shape index (κ1) is 15.9. The van der Waals surface area contributed by atoms with Crippen molar-refractivity contribution in [1.29, 1.82) is 0 Å². The molecule has 1 aromatic carbocycles. The number of benzene rings is 1. The van der Waals surface area contributed by atoms with Crippen molar-refractivity contribution in [2.45, 2.75) is 13.0 Å². The number of nitrogens with one attached hydrogen (secondary N) is 1. The van der Waals surface area contributed by atoms with E-state index in [0.29, 0.717) is 11.3 Å². The van der Waals surface area contributed by atoms with E-state index in [0.717, 1.165) is 11.8 Å². The second-order valence-electron chi connectivity index (χ2n) is 4.31. The van der Waals surface area contributed by atoms with Crippen LogP contribution in [0.15, 0.2) is 23.1 Å². The topological polar surface area (TPSA) is 105 Å². The molecule has 0 unspecified atom stereocenters. The van der Waals surface area contributed by atoms with Gasteiger partial charge in [0.05, 0.1) is 18.0 Å². The van der Waals surface area contributed by atoms with Crippen molar-refractivity contribution in [3.8, 4) is 11.5 Å². The Balaban J connectivity index is 2.43. The van der Waals surface area contributed by atoms with Crippen LogP contribution in [-0.4, -0.2) is 30.3 Å². The maximum absolute atomic E-state index is 11.6. The van der Waals surface area contributed by atoms with Crippen molar-refractivity contribution in [2.75, 3.05) is 7.11 Å². The smallest absolute Gasteiger partial charge is 0.290 e. The Hall–Kier alpha value is -2.48. The molecule has 0 radical (unpaired) electrons. The quantitative estimate of drug-likeness (QED) is 0.789. The van der Waals surface area contributed by atoms with Gasteiger partial charge in [-0.05, 0) is 30.8 Å². The minimum absolute atomic E-state index is 0.155. The number of para-hydroxylation sites is 1. The van der Waals surface area contributed by atoms with E-state index in [1.54, 1.807) is 18.2 Å². The molecule has 1 saturated heterocycles. The first-order chi connectivity index (χ1) is 10.4.